The lowest BCUT2D eigenvalue weighted by Crippen LogP contribution is -2.36. The van der Waals surface area contributed by atoms with Crippen molar-refractivity contribution in [1.82, 2.24) is 0 Å². The molecule has 1 aliphatic heterocycles. The number of anilines is 1. The third-order valence-corrected chi connectivity index (χ3v) is 3.68. The molecule has 0 atom stereocenters. The van der Waals surface area contributed by atoms with Gasteiger partial charge in [0.25, 0.3) is 0 Å². The fourth-order valence-electron chi connectivity index (χ4n) is 2.66. The number of piperidine rings is 1. The fraction of sp³-hybridized carbons (Fsp3) is 0.500. The summed E-state index contributed by atoms with van der Waals surface area (Å²) in [6.07, 6.45) is 1.69. The van der Waals surface area contributed by atoms with Crippen molar-refractivity contribution in [3.63, 3.8) is 0 Å². The highest BCUT2D eigenvalue weighted by molar-refractivity contribution is 5.74. The lowest BCUT2D eigenvalue weighted by atomic mass is 9.93. The first-order chi connectivity index (χ1) is 9.51. The van der Waals surface area contributed by atoms with Crippen molar-refractivity contribution in [1.29, 1.82) is 0 Å². The molecule has 6 heteroatoms. The van der Waals surface area contributed by atoms with E-state index >= 15 is 0 Å². The quantitative estimate of drug-likeness (QED) is 0.881. The average Bonchev–Trinajstić information content (AvgIpc) is 2.39. The fourth-order valence-corrected chi connectivity index (χ4v) is 2.66. The second-order valence-corrected chi connectivity index (χ2v) is 5.17. The summed E-state index contributed by atoms with van der Waals surface area (Å²) in [6.45, 7) is 0.587. The molecule has 0 saturated carbocycles. The topological polar surface area (TPSA) is 66.6 Å². The molecule has 4 nitrogen and oxygen atoms in total. The predicted octanol–water partition coefficient (Wildman–Crippen LogP) is 1.55. The van der Waals surface area contributed by atoms with Gasteiger partial charge >= 0.3 is 0 Å². The molecule has 1 fully saturated rings. The largest absolute Gasteiger partial charge is 0.392 e. The Kier molecular flexibility index (Phi) is 4.54. The van der Waals surface area contributed by atoms with E-state index in [1.807, 2.05) is 0 Å². The zero-order chi connectivity index (χ0) is 14.7. The Hall–Kier alpha value is -1.69. The molecular formula is C14H18F2N2O2. The number of aliphatic hydroxyl groups excluding tert-OH is 1. The van der Waals surface area contributed by atoms with Crippen LogP contribution in [0.25, 0.3) is 0 Å². The molecule has 110 valence electrons. The Morgan fingerprint density at radius 2 is 1.85 bits per heavy atom. The van der Waals surface area contributed by atoms with E-state index < -0.39 is 18.2 Å². The van der Waals surface area contributed by atoms with E-state index in [0.29, 0.717) is 32.4 Å². The van der Waals surface area contributed by atoms with Crippen molar-refractivity contribution in [2.24, 2.45) is 11.7 Å². The average molecular weight is 284 g/mol. The van der Waals surface area contributed by atoms with E-state index in [4.69, 9.17) is 10.8 Å². The molecule has 1 amide bonds. The standard InChI is InChI=1S/C14H18F2N2O2/c15-11-5-10(8-19)6-12(16)14(11)18-3-1-9(2-4-18)7-13(17)20/h5-6,9,19H,1-4,7-8H2,(H2,17,20). The van der Waals surface area contributed by atoms with Crippen LogP contribution in [0.15, 0.2) is 12.1 Å². The Balaban J connectivity index is 2.09. The number of nitrogens with zero attached hydrogens (tertiary/aromatic N) is 1. The van der Waals surface area contributed by atoms with Crippen molar-refractivity contribution in [3.05, 3.63) is 29.3 Å². The van der Waals surface area contributed by atoms with E-state index in [0.717, 1.165) is 12.1 Å². The number of hydrogen-bond acceptors (Lipinski definition) is 3. The highest BCUT2D eigenvalue weighted by Crippen LogP contribution is 2.30. The van der Waals surface area contributed by atoms with Gasteiger partial charge in [-0.15, -0.1) is 0 Å². The first-order valence-electron chi connectivity index (χ1n) is 6.63. The minimum absolute atomic E-state index is 0.0558. The highest BCUT2D eigenvalue weighted by atomic mass is 19.1. The number of carbonyl (C=O) groups is 1. The van der Waals surface area contributed by atoms with Crippen LogP contribution >= 0.6 is 0 Å². The summed E-state index contributed by atoms with van der Waals surface area (Å²) in [6, 6.07) is 2.29. The second kappa shape index (κ2) is 6.17. The molecule has 0 radical (unpaired) electrons. The van der Waals surface area contributed by atoms with Gasteiger partial charge < -0.3 is 15.7 Å². The van der Waals surface area contributed by atoms with Gasteiger partial charge in [-0.25, -0.2) is 8.78 Å². The first kappa shape index (κ1) is 14.7. The molecule has 1 aromatic rings. The molecular weight excluding hydrogens is 266 g/mol. The molecule has 3 N–H and O–H groups in total. The van der Waals surface area contributed by atoms with E-state index in [1.54, 1.807) is 4.90 Å². The number of amides is 1. The van der Waals surface area contributed by atoms with Gasteiger partial charge in [-0.2, -0.15) is 0 Å². The highest BCUT2D eigenvalue weighted by Gasteiger charge is 2.25. The molecule has 0 spiro atoms. The van der Waals surface area contributed by atoms with Crippen molar-refractivity contribution in [2.45, 2.75) is 25.9 Å². The Bertz CT molecular complexity index is 477. The Morgan fingerprint density at radius 1 is 1.30 bits per heavy atom. The van der Waals surface area contributed by atoms with Crippen LogP contribution in [-0.2, 0) is 11.4 Å². The molecule has 0 bridgehead atoms. The molecule has 1 saturated heterocycles. The van der Waals surface area contributed by atoms with Crippen LogP contribution < -0.4 is 10.6 Å². The van der Waals surface area contributed by atoms with Crippen LogP contribution in [0.4, 0.5) is 14.5 Å². The summed E-state index contributed by atoms with van der Waals surface area (Å²) in [5, 5.41) is 8.92. The van der Waals surface area contributed by atoms with E-state index in [2.05, 4.69) is 0 Å². The van der Waals surface area contributed by atoms with Gasteiger partial charge in [0.1, 0.15) is 17.3 Å². The van der Waals surface area contributed by atoms with E-state index in [-0.39, 0.29) is 23.1 Å². The number of carbonyl (C=O) groups excluding carboxylic acids is 1. The first-order valence-corrected chi connectivity index (χ1v) is 6.63. The van der Waals surface area contributed by atoms with Crippen LogP contribution in [-0.4, -0.2) is 24.1 Å². The van der Waals surface area contributed by atoms with Crippen LogP contribution in [0.5, 0.6) is 0 Å². The predicted molar refractivity (Wildman–Crippen MR) is 71.0 cm³/mol. The normalized spacial score (nSPS) is 16.4. The molecule has 0 aromatic heterocycles. The third-order valence-electron chi connectivity index (χ3n) is 3.68. The number of primary amides is 1. The molecule has 20 heavy (non-hydrogen) atoms. The maximum absolute atomic E-state index is 13.9. The van der Waals surface area contributed by atoms with Gasteiger partial charge in [0.05, 0.1) is 6.61 Å². The van der Waals surface area contributed by atoms with Crippen molar-refractivity contribution >= 4 is 11.6 Å². The summed E-state index contributed by atoms with van der Waals surface area (Å²) in [7, 11) is 0. The van der Waals surface area contributed by atoms with Gasteiger partial charge in [-0.05, 0) is 36.5 Å². The Labute approximate surface area is 116 Å². The summed E-state index contributed by atoms with van der Waals surface area (Å²) < 4.78 is 27.8. The van der Waals surface area contributed by atoms with Crippen LogP contribution in [0.1, 0.15) is 24.8 Å². The van der Waals surface area contributed by atoms with Crippen molar-refractivity contribution in [3.8, 4) is 0 Å². The summed E-state index contributed by atoms with van der Waals surface area (Å²) >= 11 is 0. The minimum atomic E-state index is -0.664. The summed E-state index contributed by atoms with van der Waals surface area (Å²) in [4.78, 5) is 12.5. The van der Waals surface area contributed by atoms with Crippen molar-refractivity contribution in [2.75, 3.05) is 18.0 Å². The van der Waals surface area contributed by atoms with E-state index in [1.165, 1.54) is 0 Å². The molecule has 1 heterocycles. The smallest absolute Gasteiger partial charge is 0.217 e. The lowest BCUT2D eigenvalue weighted by molar-refractivity contribution is -0.119. The number of hydrogen-bond donors (Lipinski definition) is 2. The van der Waals surface area contributed by atoms with Gasteiger partial charge in [0.15, 0.2) is 0 Å². The van der Waals surface area contributed by atoms with Gasteiger partial charge in [-0.3, -0.25) is 4.79 Å². The van der Waals surface area contributed by atoms with Gasteiger partial charge in [-0.1, -0.05) is 0 Å². The molecule has 0 aliphatic carbocycles. The maximum Gasteiger partial charge on any atom is 0.217 e. The molecule has 1 aliphatic rings. The van der Waals surface area contributed by atoms with Crippen molar-refractivity contribution < 1.29 is 18.7 Å². The number of benzene rings is 1. The second-order valence-electron chi connectivity index (χ2n) is 5.17. The minimum Gasteiger partial charge on any atom is -0.392 e. The number of halogens is 2. The maximum atomic E-state index is 13.9. The van der Waals surface area contributed by atoms with Crippen LogP contribution in [0, 0.1) is 17.6 Å². The summed E-state index contributed by atoms with van der Waals surface area (Å²) in [5.74, 6) is -1.48. The molecule has 1 aromatic carbocycles. The zero-order valence-corrected chi connectivity index (χ0v) is 11.1. The van der Waals surface area contributed by atoms with E-state index in [9.17, 15) is 13.6 Å². The monoisotopic (exact) mass is 284 g/mol. The Morgan fingerprint density at radius 3 is 2.30 bits per heavy atom. The third kappa shape index (κ3) is 3.25. The lowest BCUT2D eigenvalue weighted by Gasteiger charge is -2.33. The summed E-state index contributed by atoms with van der Waals surface area (Å²) in [5.41, 5.74) is 5.31. The van der Waals surface area contributed by atoms with Gasteiger partial charge in [0.2, 0.25) is 5.91 Å². The number of rotatable bonds is 4. The van der Waals surface area contributed by atoms with Gasteiger partial charge in [0, 0.05) is 19.5 Å². The zero-order valence-electron chi connectivity index (χ0n) is 11.1. The molecule has 2 rings (SSSR count). The SMILES string of the molecule is NC(=O)CC1CCN(c2c(F)cc(CO)cc2F)CC1. The van der Waals surface area contributed by atoms with Crippen LogP contribution in [0.3, 0.4) is 0 Å². The number of nitrogens with two attached hydrogens (primary N) is 1. The number of aliphatic hydroxyl groups is 1. The molecule has 0 unspecified atom stereocenters. The van der Waals surface area contributed by atoms with Crippen LogP contribution in [0.2, 0.25) is 0 Å².